The maximum atomic E-state index is 14.5. The van der Waals surface area contributed by atoms with Crippen LogP contribution < -0.4 is 15.2 Å². The molecule has 0 spiro atoms. The molecule has 2 N–H and O–H groups in total. The summed E-state index contributed by atoms with van der Waals surface area (Å²) in [6.45, 7) is 0. The van der Waals surface area contributed by atoms with Crippen molar-refractivity contribution in [2.45, 2.75) is 5.92 Å². The molecule has 2 heterocycles. The second-order valence-corrected chi connectivity index (χ2v) is 7.10. The zero-order chi connectivity index (χ0) is 20.5. The van der Waals surface area contributed by atoms with Crippen molar-refractivity contribution < 1.29 is 23.0 Å². The van der Waals surface area contributed by atoms with Crippen LogP contribution in [0.15, 0.2) is 65.4 Å². The van der Waals surface area contributed by atoms with Crippen molar-refractivity contribution in [3.63, 3.8) is 0 Å². The first-order valence-electron chi connectivity index (χ1n) is 8.40. The van der Waals surface area contributed by atoms with Crippen LogP contribution in [0.3, 0.4) is 0 Å². The molecular formula is C21H12F2N2O3S. The molecule has 144 valence electrons. The van der Waals surface area contributed by atoms with Crippen molar-refractivity contribution >= 4 is 17.3 Å². The summed E-state index contributed by atoms with van der Waals surface area (Å²) < 4.78 is 38.6. The maximum absolute atomic E-state index is 14.5. The number of fused-ring (bicyclic) bond motifs is 1. The van der Waals surface area contributed by atoms with Gasteiger partial charge in [-0.2, -0.15) is 5.26 Å². The monoisotopic (exact) mass is 410 g/mol. The van der Waals surface area contributed by atoms with E-state index >= 15 is 0 Å². The van der Waals surface area contributed by atoms with Gasteiger partial charge in [0, 0.05) is 23.3 Å². The molecule has 0 amide bonds. The van der Waals surface area contributed by atoms with E-state index in [0.29, 0.717) is 10.4 Å². The van der Waals surface area contributed by atoms with E-state index in [1.807, 2.05) is 6.07 Å². The second-order valence-electron chi connectivity index (χ2n) is 6.16. The van der Waals surface area contributed by atoms with Crippen LogP contribution in [0.1, 0.15) is 26.7 Å². The molecular weight excluding hydrogens is 398 g/mol. The summed E-state index contributed by atoms with van der Waals surface area (Å²) in [7, 11) is 0. The number of benzene rings is 2. The van der Waals surface area contributed by atoms with E-state index in [1.165, 1.54) is 29.5 Å². The molecule has 0 fully saturated rings. The van der Waals surface area contributed by atoms with Crippen molar-refractivity contribution in [1.82, 2.24) is 0 Å². The fourth-order valence-electron chi connectivity index (χ4n) is 3.11. The standard InChI is InChI=1S/C21H12F2N2O3S/c22-11-3-5-13(16(23)8-11)19-14-6-4-12(27-21(26)18-2-1-7-29-18)9-17(14)28-20(25)15(19)10-24/h1-9,19H,25H2. The van der Waals surface area contributed by atoms with Gasteiger partial charge in [0.25, 0.3) is 0 Å². The first-order valence-corrected chi connectivity index (χ1v) is 9.28. The fourth-order valence-corrected chi connectivity index (χ4v) is 3.71. The minimum absolute atomic E-state index is 0.00587. The van der Waals surface area contributed by atoms with Crippen LogP contribution in [0, 0.1) is 23.0 Å². The summed E-state index contributed by atoms with van der Waals surface area (Å²) in [6, 6.07) is 12.9. The highest BCUT2D eigenvalue weighted by molar-refractivity contribution is 7.12. The van der Waals surface area contributed by atoms with E-state index in [-0.39, 0.29) is 28.5 Å². The van der Waals surface area contributed by atoms with Gasteiger partial charge in [-0.3, -0.25) is 0 Å². The van der Waals surface area contributed by atoms with E-state index in [0.717, 1.165) is 12.1 Å². The van der Waals surface area contributed by atoms with Crippen molar-refractivity contribution in [1.29, 1.82) is 5.26 Å². The number of carbonyl (C=O) groups excluding carboxylic acids is 1. The summed E-state index contributed by atoms with van der Waals surface area (Å²) >= 11 is 1.24. The van der Waals surface area contributed by atoms with E-state index in [2.05, 4.69) is 0 Å². The summed E-state index contributed by atoms with van der Waals surface area (Å²) in [5.41, 5.74) is 6.40. The van der Waals surface area contributed by atoms with E-state index in [1.54, 1.807) is 23.6 Å². The van der Waals surface area contributed by atoms with Gasteiger partial charge >= 0.3 is 5.97 Å². The number of nitrogens with two attached hydrogens (primary N) is 1. The molecule has 8 heteroatoms. The summed E-state index contributed by atoms with van der Waals surface area (Å²) in [6.07, 6.45) is 0. The molecule has 0 saturated heterocycles. The number of nitriles is 1. The number of nitrogens with zero attached hydrogens (tertiary/aromatic N) is 1. The first kappa shape index (κ1) is 18.7. The Morgan fingerprint density at radius 3 is 2.66 bits per heavy atom. The molecule has 1 aliphatic heterocycles. The molecule has 5 nitrogen and oxygen atoms in total. The summed E-state index contributed by atoms with van der Waals surface area (Å²) in [5.74, 6) is -2.73. The molecule has 4 rings (SSSR count). The van der Waals surface area contributed by atoms with Gasteiger partial charge in [0.1, 0.15) is 39.7 Å². The molecule has 0 bridgehead atoms. The summed E-state index contributed by atoms with van der Waals surface area (Å²) in [4.78, 5) is 12.6. The van der Waals surface area contributed by atoms with Crippen LogP contribution >= 0.6 is 11.3 Å². The Hall–Kier alpha value is -3.70. The number of allylic oxidation sites excluding steroid dienone is 1. The van der Waals surface area contributed by atoms with Gasteiger partial charge in [-0.15, -0.1) is 11.3 Å². The lowest BCUT2D eigenvalue weighted by atomic mass is 9.83. The average molecular weight is 410 g/mol. The van der Waals surface area contributed by atoms with Gasteiger partial charge in [-0.25, -0.2) is 13.6 Å². The Labute approximate surface area is 168 Å². The topological polar surface area (TPSA) is 85.3 Å². The van der Waals surface area contributed by atoms with Crippen molar-refractivity contribution in [2.75, 3.05) is 0 Å². The van der Waals surface area contributed by atoms with E-state index < -0.39 is 23.5 Å². The predicted octanol–water partition coefficient (Wildman–Crippen LogP) is 4.46. The van der Waals surface area contributed by atoms with Gasteiger partial charge in [0.05, 0.1) is 5.92 Å². The van der Waals surface area contributed by atoms with Crippen molar-refractivity contribution in [2.24, 2.45) is 5.73 Å². The quantitative estimate of drug-likeness (QED) is 0.509. The Morgan fingerprint density at radius 2 is 1.97 bits per heavy atom. The highest BCUT2D eigenvalue weighted by atomic mass is 32.1. The van der Waals surface area contributed by atoms with Gasteiger partial charge < -0.3 is 15.2 Å². The zero-order valence-corrected chi connectivity index (χ0v) is 15.5. The predicted molar refractivity (Wildman–Crippen MR) is 101 cm³/mol. The molecule has 29 heavy (non-hydrogen) atoms. The van der Waals surface area contributed by atoms with Crippen LogP contribution in [-0.4, -0.2) is 5.97 Å². The normalized spacial score (nSPS) is 15.3. The molecule has 0 aliphatic carbocycles. The first-order chi connectivity index (χ1) is 14.0. The number of rotatable bonds is 3. The zero-order valence-electron chi connectivity index (χ0n) is 14.7. The highest BCUT2D eigenvalue weighted by Gasteiger charge is 2.33. The van der Waals surface area contributed by atoms with Crippen molar-refractivity contribution in [3.05, 3.63) is 93.0 Å². The maximum Gasteiger partial charge on any atom is 0.353 e. The number of ether oxygens (including phenoxy) is 2. The lowest BCUT2D eigenvalue weighted by molar-refractivity contribution is 0.0739. The van der Waals surface area contributed by atoms with Crippen LogP contribution in [0.2, 0.25) is 0 Å². The highest BCUT2D eigenvalue weighted by Crippen LogP contribution is 2.44. The molecule has 1 atom stereocenters. The Kier molecular flexibility index (Phi) is 4.74. The molecule has 0 saturated carbocycles. The average Bonchev–Trinajstić information content (AvgIpc) is 3.22. The lowest BCUT2D eigenvalue weighted by Crippen LogP contribution is -2.22. The van der Waals surface area contributed by atoms with Gasteiger partial charge in [0.15, 0.2) is 0 Å². The summed E-state index contributed by atoms with van der Waals surface area (Å²) in [5, 5.41) is 11.3. The Morgan fingerprint density at radius 1 is 1.17 bits per heavy atom. The Balaban J connectivity index is 1.75. The molecule has 0 radical (unpaired) electrons. The van der Waals surface area contributed by atoms with Gasteiger partial charge in [-0.1, -0.05) is 18.2 Å². The molecule has 1 unspecified atom stereocenters. The molecule has 1 aromatic heterocycles. The van der Waals surface area contributed by atoms with Crippen LogP contribution in [0.5, 0.6) is 11.5 Å². The second kappa shape index (κ2) is 7.37. The number of esters is 1. The van der Waals surface area contributed by atoms with Crippen LogP contribution in [0.25, 0.3) is 0 Å². The third-order valence-corrected chi connectivity index (χ3v) is 5.25. The van der Waals surface area contributed by atoms with Crippen molar-refractivity contribution in [3.8, 4) is 17.6 Å². The SMILES string of the molecule is N#CC1=C(N)Oc2cc(OC(=O)c3cccs3)ccc2C1c1ccc(F)cc1F. The molecule has 3 aromatic rings. The minimum Gasteiger partial charge on any atom is -0.440 e. The molecule has 1 aliphatic rings. The molecule has 2 aromatic carbocycles. The van der Waals surface area contributed by atoms with E-state index in [4.69, 9.17) is 15.2 Å². The smallest absolute Gasteiger partial charge is 0.353 e. The number of hydrogen-bond acceptors (Lipinski definition) is 6. The lowest BCUT2D eigenvalue weighted by Gasteiger charge is -2.27. The number of carbonyl (C=O) groups is 1. The van der Waals surface area contributed by atoms with Crippen LogP contribution in [-0.2, 0) is 0 Å². The van der Waals surface area contributed by atoms with Gasteiger partial charge in [0.2, 0.25) is 5.88 Å². The van der Waals surface area contributed by atoms with E-state index in [9.17, 15) is 18.8 Å². The third kappa shape index (κ3) is 3.44. The number of hydrogen-bond donors (Lipinski definition) is 1. The number of halogens is 2. The van der Waals surface area contributed by atoms with Gasteiger partial charge in [-0.05, 0) is 23.6 Å². The largest absolute Gasteiger partial charge is 0.440 e. The Bertz CT molecular complexity index is 1180. The third-order valence-electron chi connectivity index (χ3n) is 4.40. The minimum atomic E-state index is -0.883. The van der Waals surface area contributed by atoms with Crippen LogP contribution in [0.4, 0.5) is 8.78 Å². The number of thiophene rings is 1. The fraction of sp³-hybridized carbons (Fsp3) is 0.0476.